The highest BCUT2D eigenvalue weighted by molar-refractivity contribution is 5.34. The van der Waals surface area contributed by atoms with Crippen LogP contribution in [0, 0.1) is 11.8 Å². The molecular formula is C14H23N3O2. The van der Waals surface area contributed by atoms with Gasteiger partial charge in [-0.2, -0.15) is 9.97 Å². The van der Waals surface area contributed by atoms with Crippen LogP contribution in [0.3, 0.4) is 0 Å². The molecule has 0 amide bonds. The Kier molecular flexibility index (Phi) is 4.45. The minimum absolute atomic E-state index is 0.426. The topological polar surface area (TPSA) is 56.3 Å². The largest absolute Gasteiger partial charge is 0.481 e. The van der Waals surface area contributed by atoms with Gasteiger partial charge in [-0.1, -0.05) is 13.8 Å². The van der Waals surface area contributed by atoms with Crippen LogP contribution >= 0.6 is 0 Å². The lowest BCUT2D eigenvalue weighted by molar-refractivity contribution is 0.279. The minimum atomic E-state index is 0.426. The Balaban J connectivity index is 2.09. The maximum absolute atomic E-state index is 5.16. The molecule has 0 aliphatic heterocycles. The van der Waals surface area contributed by atoms with Gasteiger partial charge in [-0.05, 0) is 31.1 Å². The Morgan fingerprint density at radius 1 is 1.00 bits per heavy atom. The van der Waals surface area contributed by atoms with Crippen molar-refractivity contribution in [3.8, 4) is 11.8 Å². The van der Waals surface area contributed by atoms with E-state index >= 15 is 0 Å². The number of methoxy groups -OCH3 is 2. The predicted octanol–water partition coefficient (Wildman–Crippen LogP) is 2.73. The Morgan fingerprint density at radius 3 is 2.00 bits per heavy atom. The number of hydrogen-bond acceptors (Lipinski definition) is 5. The molecule has 1 aliphatic carbocycles. The Morgan fingerprint density at radius 2 is 1.53 bits per heavy atom. The Hall–Kier alpha value is -1.52. The number of ether oxygens (including phenoxy) is 2. The quantitative estimate of drug-likeness (QED) is 0.907. The molecule has 1 aromatic rings. The summed E-state index contributed by atoms with van der Waals surface area (Å²) in [5.41, 5.74) is 0. The van der Waals surface area contributed by atoms with Gasteiger partial charge in [0.1, 0.15) is 0 Å². The van der Waals surface area contributed by atoms with Crippen LogP contribution in [0.15, 0.2) is 6.07 Å². The number of hydrogen-bond donors (Lipinski definition) is 1. The first-order chi connectivity index (χ1) is 9.10. The van der Waals surface area contributed by atoms with Crippen molar-refractivity contribution in [2.24, 2.45) is 11.8 Å². The molecule has 0 aromatic carbocycles. The number of nitrogens with one attached hydrogen (secondary N) is 1. The van der Waals surface area contributed by atoms with Crippen LogP contribution in [-0.2, 0) is 0 Å². The molecule has 19 heavy (non-hydrogen) atoms. The molecule has 5 heteroatoms. The summed E-state index contributed by atoms with van der Waals surface area (Å²) in [5, 5.41) is 3.41. The predicted molar refractivity (Wildman–Crippen MR) is 74.7 cm³/mol. The number of anilines is 1. The monoisotopic (exact) mass is 265 g/mol. The van der Waals surface area contributed by atoms with E-state index in [0.717, 1.165) is 24.7 Å². The van der Waals surface area contributed by atoms with Crippen molar-refractivity contribution in [3.05, 3.63) is 6.07 Å². The second-order valence-corrected chi connectivity index (χ2v) is 5.53. The van der Waals surface area contributed by atoms with E-state index in [4.69, 9.17) is 9.47 Å². The van der Waals surface area contributed by atoms with Crippen molar-refractivity contribution < 1.29 is 9.47 Å². The first-order valence-corrected chi connectivity index (χ1v) is 6.84. The summed E-state index contributed by atoms with van der Waals surface area (Å²) < 4.78 is 10.3. The lowest BCUT2D eigenvalue weighted by Crippen LogP contribution is -2.30. The highest BCUT2D eigenvalue weighted by Gasteiger charge is 2.24. The summed E-state index contributed by atoms with van der Waals surface area (Å²) in [7, 11) is 3.19. The van der Waals surface area contributed by atoms with Crippen molar-refractivity contribution in [2.75, 3.05) is 19.5 Å². The van der Waals surface area contributed by atoms with Gasteiger partial charge in [0.05, 0.1) is 20.3 Å². The average molecular weight is 265 g/mol. The molecule has 1 fully saturated rings. The fourth-order valence-electron chi connectivity index (χ4n) is 2.93. The fourth-order valence-corrected chi connectivity index (χ4v) is 2.93. The highest BCUT2D eigenvalue weighted by Crippen LogP contribution is 2.30. The van der Waals surface area contributed by atoms with E-state index in [9.17, 15) is 0 Å². The van der Waals surface area contributed by atoms with Crippen LogP contribution < -0.4 is 14.8 Å². The molecule has 106 valence electrons. The molecule has 0 radical (unpaired) electrons. The third-order valence-electron chi connectivity index (χ3n) is 3.61. The summed E-state index contributed by atoms with van der Waals surface area (Å²) in [4.78, 5) is 8.64. The van der Waals surface area contributed by atoms with E-state index in [0.29, 0.717) is 23.8 Å². The van der Waals surface area contributed by atoms with E-state index in [-0.39, 0.29) is 0 Å². The van der Waals surface area contributed by atoms with Crippen LogP contribution in [0.4, 0.5) is 5.95 Å². The summed E-state index contributed by atoms with van der Waals surface area (Å²) >= 11 is 0. The van der Waals surface area contributed by atoms with E-state index in [2.05, 4.69) is 29.1 Å². The van der Waals surface area contributed by atoms with Gasteiger partial charge in [0.15, 0.2) is 0 Å². The molecule has 5 nitrogen and oxygen atoms in total. The molecule has 2 atom stereocenters. The van der Waals surface area contributed by atoms with Gasteiger partial charge in [0, 0.05) is 6.04 Å². The normalized spacial score (nSPS) is 26.8. The van der Waals surface area contributed by atoms with Crippen LogP contribution in [0.25, 0.3) is 0 Å². The summed E-state index contributed by atoms with van der Waals surface area (Å²) in [6, 6.07) is 2.10. The SMILES string of the molecule is COc1cc(OC)nc(NC2CC(C)CC(C)C2)n1. The molecule has 1 aliphatic rings. The zero-order valence-corrected chi connectivity index (χ0v) is 12.1. The van der Waals surface area contributed by atoms with Gasteiger partial charge in [-0.15, -0.1) is 0 Å². The van der Waals surface area contributed by atoms with Gasteiger partial charge >= 0.3 is 0 Å². The molecular weight excluding hydrogens is 242 g/mol. The fraction of sp³-hybridized carbons (Fsp3) is 0.714. The number of aromatic nitrogens is 2. The molecule has 1 heterocycles. The van der Waals surface area contributed by atoms with Crippen LogP contribution in [-0.4, -0.2) is 30.2 Å². The standard InChI is InChI=1S/C14H23N3O2/c1-9-5-10(2)7-11(6-9)15-14-16-12(18-3)8-13(17-14)19-4/h8-11H,5-7H2,1-4H3,(H,15,16,17). The summed E-state index contributed by atoms with van der Waals surface area (Å²) in [6.45, 7) is 4.61. The first kappa shape index (κ1) is 13.9. The third-order valence-corrected chi connectivity index (χ3v) is 3.61. The average Bonchev–Trinajstić information content (AvgIpc) is 2.37. The van der Waals surface area contributed by atoms with Gasteiger partial charge < -0.3 is 14.8 Å². The number of nitrogens with zero attached hydrogens (tertiary/aromatic N) is 2. The van der Waals surface area contributed by atoms with E-state index < -0.39 is 0 Å². The first-order valence-electron chi connectivity index (χ1n) is 6.84. The molecule has 1 N–H and O–H groups in total. The molecule has 0 bridgehead atoms. The third kappa shape index (κ3) is 3.72. The van der Waals surface area contributed by atoms with Gasteiger partial charge in [-0.25, -0.2) is 0 Å². The van der Waals surface area contributed by atoms with Crippen molar-refractivity contribution >= 4 is 5.95 Å². The van der Waals surface area contributed by atoms with Gasteiger partial charge in [-0.3, -0.25) is 0 Å². The smallest absolute Gasteiger partial charge is 0.229 e. The second-order valence-electron chi connectivity index (χ2n) is 5.53. The molecule has 2 rings (SSSR count). The molecule has 0 spiro atoms. The maximum atomic E-state index is 5.16. The maximum Gasteiger partial charge on any atom is 0.229 e. The minimum Gasteiger partial charge on any atom is -0.481 e. The van der Waals surface area contributed by atoms with Crippen LogP contribution in [0.2, 0.25) is 0 Å². The lowest BCUT2D eigenvalue weighted by Gasteiger charge is -2.31. The Labute approximate surface area is 114 Å². The molecule has 2 unspecified atom stereocenters. The van der Waals surface area contributed by atoms with E-state index in [1.165, 1.54) is 6.42 Å². The molecule has 1 saturated carbocycles. The van der Waals surface area contributed by atoms with Crippen molar-refractivity contribution in [1.82, 2.24) is 9.97 Å². The van der Waals surface area contributed by atoms with E-state index in [1.54, 1.807) is 20.3 Å². The molecule has 1 aromatic heterocycles. The van der Waals surface area contributed by atoms with Crippen molar-refractivity contribution in [1.29, 1.82) is 0 Å². The molecule has 0 saturated heterocycles. The van der Waals surface area contributed by atoms with Crippen LogP contribution in [0.1, 0.15) is 33.1 Å². The van der Waals surface area contributed by atoms with Crippen LogP contribution in [0.5, 0.6) is 11.8 Å². The van der Waals surface area contributed by atoms with Crippen molar-refractivity contribution in [3.63, 3.8) is 0 Å². The van der Waals surface area contributed by atoms with E-state index in [1.807, 2.05) is 0 Å². The summed E-state index contributed by atoms with van der Waals surface area (Å²) in [5.74, 6) is 3.11. The second kappa shape index (κ2) is 6.08. The lowest BCUT2D eigenvalue weighted by atomic mass is 9.80. The van der Waals surface area contributed by atoms with Gasteiger partial charge in [0.2, 0.25) is 17.7 Å². The summed E-state index contributed by atoms with van der Waals surface area (Å²) in [6.07, 6.45) is 3.63. The zero-order valence-electron chi connectivity index (χ0n) is 12.1. The van der Waals surface area contributed by atoms with Crippen molar-refractivity contribution in [2.45, 2.75) is 39.2 Å². The number of rotatable bonds is 4. The zero-order chi connectivity index (χ0) is 13.8. The highest BCUT2D eigenvalue weighted by atomic mass is 16.5. The van der Waals surface area contributed by atoms with Gasteiger partial charge in [0.25, 0.3) is 0 Å². The Bertz CT molecular complexity index is 393.